The number of ketones is 1. The first-order chi connectivity index (χ1) is 19.2. The Morgan fingerprint density at radius 1 is 1.05 bits per heavy atom. The highest BCUT2D eigenvalue weighted by molar-refractivity contribution is 6.22. The number of hydrogen-bond donors (Lipinski definition) is 6. The van der Waals surface area contributed by atoms with E-state index in [1.54, 1.807) is 30.0 Å². The summed E-state index contributed by atoms with van der Waals surface area (Å²) in [5.74, 6) is -4.63. The first-order valence-electron chi connectivity index (χ1n) is 13.9. The molecule has 220 valence electrons. The molecule has 2 unspecified atom stereocenters. The highest BCUT2D eigenvalue weighted by atomic mass is 16.4. The quantitative estimate of drug-likeness (QED) is 0.260. The van der Waals surface area contributed by atoms with Crippen LogP contribution in [-0.4, -0.2) is 107 Å². The van der Waals surface area contributed by atoms with E-state index in [1.807, 2.05) is 19.0 Å². The van der Waals surface area contributed by atoms with Crippen LogP contribution in [-0.2, 0) is 22.4 Å². The molecule has 41 heavy (non-hydrogen) atoms. The van der Waals surface area contributed by atoms with E-state index >= 15 is 0 Å². The van der Waals surface area contributed by atoms with Crippen molar-refractivity contribution in [2.75, 3.05) is 46.2 Å². The van der Waals surface area contributed by atoms with Crippen LogP contribution < -0.4 is 16.4 Å². The summed E-state index contributed by atoms with van der Waals surface area (Å²) in [7, 11) is 6.94. The van der Waals surface area contributed by atoms with Gasteiger partial charge < -0.3 is 41.7 Å². The van der Waals surface area contributed by atoms with Crippen LogP contribution in [0.5, 0.6) is 5.75 Å². The number of benzene rings is 1. The fraction of sp³-hybridized carbons (Fsp3) is 0.552. The standard InChI is InChI=1S/C29H37N5O7/c1-32(2)19-8-15(28(40)34-9-16-17(10-34)21(16)30)23(35)14-7-12-11(5-13(14)19)6-18-22(33(3)4)24(36)20(27(31)39)26(38)29(18,41)25(12)37/h8,11,16-18,21-22,35,37-38,41H,5-7,9-10,30H2,1-4H3,(H2,31,39)/t11-,16?,17?,18-,21?,22-,29-/m0/s1. The zero-order valence-corrected chi connectivity index (χ0v) is 23.6. The van der Waals surface area contributed by atoms with Gasteiger partial charge in [0.2, 0.25) is 0 Å². The molecule has 0 spiro atoms. The van der Waals surface area contributed by atoms with Crippen molar-refractivity contribution in [1.29, 1.82) is 0 Å². The van der Waals surface area contributed by atoms with Gasteiger partial charge in [0.15, 0.2) is 11.4 Å². The number of likely N-dealkylation sites (N-methyl/N-ethyl adjacent to an activating group) is 1. The monoisotopic (exact) mass is 567 g/mol. The first-order valence-corrected chi connectivity index (χ1v) is 13.9. The number of phenolic OH excluding ortho intramolecular Hbond substituents is 1. The summed E-state index contributed by atoms with van der Waals surface area (Å²) in [4.78, 5) is 44.1. The number of hydrogen-bond acceptors (Lipinski definition) is 10. The number of likely N-dealkylation sites (tertiary alicyclic amines) is 1. The second-order valence-electron chi connectivity index (χ2n) is 12.7. The number of piperidine rings is 1. The second-order valence-corrected chi connectivity index (χ2v) is 12.7. The lowest BCUT2D eigenvalue weighted by atomic mass is 9.59. The van der Waals surface area contributed by atoms with Gasteiger partial charge in [-0.2, -0.15) is 0 Å². The lowest BCUT2D eigenvalue weighted by Gasteiger charge is -2.51. The molecule has 1 aromatic rings. The molecule has 6 rings (SSSR count). The minimum Gasteiger partial charge on any atom is -0.509 e. The average Bonchev–Trinajstić information content (AvgIpc) is 3.28. The molecule has 2 amide bonds. The van der Waals surface area contributed by atoms with E-state index in [0.29, 0.717) is 30.6 Å². The van der Waals surface area contributed by atoms with Gasteiger partial charge in [-0.1, -0.05) is 0 Å². The number of allylic oxidation sites excluding steroid dienone is 1. The van der Waals surface area contributed by atoms with Gasteiger partial charge in [-0.05, 0) is 61.9 Å². The van der Waals surface area contributed by atoms with Crippen LogP contribution in [0.15, 0.2) is 28.7 Å². The Morgan fingerprint density at radius 2 is 1.68 bits per heavy atom. The number of aromatic hydroxyl groups is 1. The van der Waals surface area contributed by atoms with Gasteiger partial charge in [0.1, 0.15) is 22.8 Å². The Morgan fingerprint density at radius 3 is 2.24 bits per heavy atom. The zero-order valence-electron chi connectivity index (χ0n) is 23.6. The number of Topliss-reactive ketones (excluding diaryl/α,β-unsaturated/α-hetero) is 1. The molecule has 8 N–H and O–H groups in total. The molecule has 2 fully saturated rings. The normalized spacial score (nSPS) is 33.8. The molecule has 1 saturated heterocycles. The number of anilines is 1. The van der Waals surface area contributed by atoms with E-state index < -0.39 is 46.3 Å². The largest absolute Gasteiger partial charge is 0.509 e. The van der Waals surface area contributed by atoms with Crippen LogP contribution >= 0.6 is 0 Å². The summed E-state index contributed by atoms with van der Waals surface area (Å²) in [5.41, 5.74) is 10.9. The van der Waals surface area contributed by atoms with Crippen LogP contribution in [0.25, 0.3) is 0 Å². The maximum atomic E-state index is 13.5. The van der Waals surface area contributed by atoms with Crippen molar-refractivity contribution in [2.45, 2.75) is 36.9 Å². The molecule has 1 heterocycles. The van der Waals surface area contributed by atoms with Crippen LogP contribution in [0.3, 0.4) is 0 Å². The fourth-order valence-electron chi connectivity index (χ4n) is 7.86. The lowest BCUT2D eigenvalue weighted by molar-refractivity contribution is -0.136. The molecule has 1 saturated carbocycles. The number of carbonyl (C=O) groups excluding carboxylic acids is 3. The van der Waals surface area contributed by atoms with Crippen LogP contribution in [0, 0.1) is 23.7 Å². The minimum absolute atomic E-state index is 0.00451. The predicted octanol–water partition coefficient (Wildman–Crippen LogP) is -0.424. The molecule has 0 bridgehead atoms. The second kappa shape index (κ2) is 8.94. The molecular formula is C29H37N5O7. The summed E-state index contributed by atoms with van der Waals surface area (Å²) >= 11 is 0. The van der Waals surface area contributed by atoms with Crippen molar-refractivity contribution in [1.82, 2.24) is 9.80 Å². The third kappa shape index (κ3) is 3.66. The van der Waals surface area contributed by atoms with Gasteiger partial charge in [0.05, 0.1) is 11.6 Å². The van der Waals surface area contributed by atoms with Gasteiger partial charge in [-0.3, -0.25) is 19.3 Å². The van der Waals surface area contributed by atoms with E-state index in [0.717, 1.165) is 11.3 Å². The third-order valence-corrected chi connectivity index (χ3v) is 10.1. The molecule has 6 atom stereocenters. The number of aliphatic hydroxyl groups excluding tert-OH is 2. The topological polar surface area (TPSA) is 194 Å². The number of rotatable bonds is 4. The number of amides is 2. The maximum absolute atomic E-state index is 13.5. The van der Waals surface area contributed by atoms with Crippen molar-refractivity contribution >= 4 is 23.3 Å². The van der Waals surface area contributed by atoms with E-state index in [2.05, 4.69) is 0 Å². The van der Waals surface area contributed by atoms with Gasteiger partial charge in [0, 0.05) is 56.8 Å². The summed E-state index contributed by atoms with van der Waals surface area (Å²) in [6.07, 6.45) is 0.580. The minimum atomic E-state index is -2.42. The Bertz CT molecular complexity index is 1450. The molecule has 1 aromatic carbocycles. The van der Waals surface area contributed by atoms with Crippen molar-refractivity contribution in [3.8, 4) is 5.75 Å². The smallest absolute Gasteiger partial charge is 0.257 e. The van der Waals surface area contributed by atoms with Crippen LogP contribution in [0.2, 0.25) is 0 Å². The van der Waals surface area contributed by atoms with E-state index in [4.69, 9.17) is 11.5 Å². The average molecular weight is 568 g/mol. The SMILES string of the molecule is CN(C)c1cc(C(=O)N2CC3C(N)C3C2)c(O)c2c1C[C@H]1C[C@H]3[C@H](N(C)C)C(=O)C(C(N)=O)=C(O)[C@@]3(O)C(O)=C1C2. The van der Waals surface area contributed by atoms with Crippen molar-refractivity contribution in [2.24, 2.45) is 35.1 Å². The molecule has 1 aliphatic heterocycles. The molecule has 12 nitrogen and oxygen atoms in total. The number of aliphatic hydroxyl groups is 3. The first kappa shape index (κ1) is 27.6. The number of nitrogens with two attached hydrogens (primary N) is 2. The Hall–Kier alpha value is -3.61. The van der Waals surface area contributed by atoms with Crippen LogP contribution in [0.4, 0.5) is 5.69 Å². The lowest BCUT2D eigenvalue weighted by Crippen LogP contribution is -2.62. The highest BCUT2D eigenvalue weighted by Gasteiger charge is 2.61. The molecule has 5 aliphatic rings. The van der Waals surface area contributed by atoms with Crippen molar-refractivity contribution in [3.05, 3.63) is 45.4 Å². The summed E-state index contributed by atoms with van der Waals surface area (Å²) < 4.78 is 0. The van der Waals surface area contributed by atoms with Crippen molar-refractivity contribution < 1.29 is 34.8 Å². The zero-order chi connectivity index (χ0) is 29.9. The van der Waals surface area contributed by atoms with Gasteiger partial charge in [-0.15, -0.1) is 0 Å². The summed E-state index contributed by atoms with van der Waals surface area (Å²) in [5, 5.41) is 46.0. The molecule has 4 aliphatic carbocycles. The summed E-state index contributed by atoms with van der Waals surface area (Å²) in [6.45, 7) is 1.08. The van der Waals surface area contributed by atoms with E-state index in [-0.39, 0.29) is 53.9 Å². The molecule has 0 radical (unpaired) electrons. The molecule has 0 aromatic heterocycles. The number of nitrogens with zero attached hydrogens (tertiary/aromatic N) is 3. The Kier molecular flexibility index (Phi) is 6.01. The number of fused-ring (bicyclic) bond motifs is 4. The Labute approximate surface area is 237 Å². The fourth-order valence-corrected chi connectivity index (χ4v) is 7.86. The van der Waals surface area contributed by atoms with E-state index in [9.17, 15) is 34.8 Å². The Balaban J connectivity index is 1.47. The summed E-state index contributed by atoms with van der Waals surface area (Å²) in [6, 6.07) is 0.795. The molecule has 12 heteroatoms. The molecular weight excluding hydrogens is 530 g/mol. The van der Waals surface area contributed by atoms with Gasteiger partial charge in [0.25, 0.3) is 11.8 Å². The van der Waals surface area contributed by atoms with Crippen molar-refractivity contribution in [3.63, 3.8) is 0 Å². The van der Waals surface area contributed by atoms with Gasteiger partial charge >= 0.3 is 0 Å². The van der Waals surface area contributed by atoms with E-state index in [1.165, 1.54) is 0 Å². The van der Waals surface area contributed by atoms with Gasteiger partial charge in [-0.25, -0.2) is 0 Å². The number of primary amides is 1. The third-order valence-electron chi connectivity index (χ3n) is 10.1. The number of phenols is 1. The highest BCUT2D eigenvalue weighted by Crippen LogP contribution is 2.54. The van der Waals surface area contributed by atoms with Crippen LogP contribution in [0.1, 0.15) is 27.9 Å². The number of carbonyl (C=O) groups is 3. The maximum Gasteiger partial charge on any atom is 0.257 e. The predicted molar refractivity (Wildman–Crippen MR) is 148 cm³/mol.